The van der Waals surface area contributed by atoms with Crippen LogP contribution < -0.4 is 26.5 Å². The Bertz CT molecular complexity index is 718. The first-order valence-corrected chi connectivity index (χ1v) is 5.41. The molecule has 0 saturated carbocycles. The summed E-state index contributed by atoms with van der Waals surface area (Å²) in [6.07, 6.45) is 0. The van der Waals surface area contributed by atoms with Gasteiger partial charge in [0.1, 0.15) is 5.82 Å². The van der Waals surface area contributed by atoms with Gasteiger partial charge < -0.3 is 15.2 Å². The molecule has 0 aliphatic carbocycles. The van der Waals surface area contributed by atoms with Crippen LogP contribution in [-0.4, -0.2) is 23.8 Å². The summed E-state index contributed by atoms with van der Waals surface area (Å²) in [5.74, 6) is 1.03. The number of aromatic nitrogens is 2. The Kier molecular flexibility index (Phi) is 3.28. The van der Waals surface area contributed by atoms with Crippen LogP contribution >= 0.6 is 0 Å². The summed E-state index contributed by atoms with van der Waals surface area (Å²) in [6.45, 7) is 0. The number of ether oxygens (including phenoxy) is 2. The van der Waals surface area contributed by atoms with Crippen molar-refractivity contribution < 1.29 is 9.47 Å². The maximum atomic E-state index is 11.8. The van der Waals surface area contributed by atoms with Crippen LogP contribution in [0.3, 0.4) is 0 Å². The van der Waals surface area contributed by atoms with Crippen LogP contribution in [0, 0.1) is 0 Å². The lowest BCUT2D eigenvalue weighted by atomic mass is 10.2. The second kappa shape index (κ2) is 4.89. The van der Waals surface area contributed by atoms with Crippen LogP contribution in [0.5, 0.6) is 11.5 Å². The van der Waals surface area contributed by atoms with Gasteiger partial charge >= 0.3 is 5.69 Å². The van der Waals surface area contributed by atoms with E-state index in [1.165, 1.54) is 18.8 Å². The smallest absolute Gasteiger partial charge is 0.334 e. The molecule has 2 aromatic rings. The van der Waals surface area contributed by atoms with Crippen LogP contribution in [0.1, 0.15) is 0 Å². The summed E-state index contributed by atoms with van der Waals surface area (Å²) < 4.78 is 11.4. The van der Waals surface area contributed by atoms with Gasteiger partial charge in [0.2, 0.25) is 0 Å². The van der Waals surface area contributed by atoms with Gasteiger partial charge in [-0.25, -0.2) is 9.36 Å². The van der Waals surface area contributed by atoms with Crippen molar-refractivity contribution >= 4 is 5.82 Å². The van der Waals surface area contributed by atoms with Crippen LogP contribution in [0.4, 0.5) is 5.82 Å². The molecule has 1 heterocycles. The molecule has 19 heavy (non-hydrogen) atoms. The van der Waals surface area contributed by atoms with Gasteiger partial charge in [-0.15, -0.1) is 0 Å². The molecule has 0 fully saturated rings. The van der Waals surface area contributed by atoms with Crippen molar-refractivity contribution in [1.29, 1.82) is 0 Å². The van der Waals surface area contributed by atoms with Crippen molar-refractivity contribution in [2.75, 3.05) is 20.0 Å². The second-order valence-corrected chi connectivity index (χ2v) is 3.74. The molecular formula is C12H13N3O4. The topological polar surface area (TPSA) is 99.3 Å². The van der Waals surface area contributed by atoms with E-state index in [-0.39, 0.29) is 5.82 Å². The first kappa shape index (κ1) is 12.7. The van der Waals surface area contributed by atoms with Crippen molar-refractivity contribution in [2.45, 2.75) is 0 Å². The fraction of sp³-hybridized carbons (Fsp3) is 0.167. The normalized spacial score (nSPS) is 10.2. The number of nitrogens with two attached hydrogens (primary N) is 1. The van der Waals surface area contributed by atoms with Crippen molar-refractivity contribution in [1.82, 2.24) is 9.55 Å². The molecule has 0 unspecified atom stereocenters. The fourth-order valence-corrected chi connectivity index (χ4v) is 1.74. The Balaban J connectivity index is 2.66. The Morgan fingerprint density at radius 2 is 1.79 bits per heavy atom. The summed E-state index contributed by atoms with van der Waals surface area (Å²) in [7, 11) is 3.00. The third-order valence-electron chi connectivity index (χ3n) is 2.60. The number of rotatable bonds is 3. The third-order valence-corrected chi connectivity index (χ3v) is 2.60. The first-order valence-electron chi connectivity index (χ1n) is 5.41. The lowest BCUT2D eigenvalue weighted by molar-refractivity contribution is 0.355. The predicted molar refractivity (Wildman–Crippen MR) is 70.2 cm³/mol. The van der Waals surface area contributed by atoms with Crippen LogP contribution in [-0.2, 0) is 0 Å². The zero-order valence-electron chi connectivity index (χ0n) is 10.5. The number of hydrogen-bond donors (Lipinski definition) is 2. The number of H-pyrrole nitrogens is 1. The summed E-state index contributed by atoms with van der Waals surface area (Å²) in [4.78, 5) is 25.0. The highest BCUT2D eigenvalue weighted by atomic mass is 16.5. The number of nitrogens with one attached hydrogen (secondary N) is 1. The van der Waals surface area contributed by atoms with Gasteiger partial charge in [-0.3, -0.25) is 9.78 Å². The zero-order valence-corrected chi connectivity index (χ0v) is 10.5. The highest BCUT2D eigenvalue weighted by Gasteiger charge is 2.09. The highest BCUT2D eigenvalue weighted by Crippen LogP contribution is 2.29. The molecule has 0 bridgehead atoms. The fourth-order valence-electron chi connectivity index (χ4n) is 1.74. The molecule has 0 amide bonds. The third kappa shape index (κ3) is 2.30. The zero-order chi connectivity index (χ0) is 14.0. The molecule has 2 rings (SSSR count). The Morgan fingerprint density at radius 3 is 2.37 bits per heavy atom. The van der Waals surface area contributed by atoms with Gasteiger partial charge in [-0.1, -0.05) is 0 Å². The van der Waals surface area contributed by atoms with E-state index in [0.29, 0.717) is 17.2 Å². The molecule has 0 atom stereocenters. The predicted octanol–water partition coefficient (Wildman–Crippen LogP) is 0.125. The monoisotopic (exact) mass is 263 g/mol. The standard InChI is InChI=1S/C12H13N3O4/c1-18-8-4-3-7(5-9(8)19-2)15-10(13)6-11(16)14-12(15)17/h3-6H,13H2,1-2H3,(H,14,16,17). The molecule has 0 radical (unpaired) electrons. The van der Waals surface area contributed by atoms with E-state index in [2.05, 4.69) is 4.98 Å². The number of nitrogens with zero attached hydrogens (tertiary/aromatic N) is 1. The molecule has 0 aliphatic rings. The van der Waals surface area contributed by atoms with E-state index in [4.69, 9.17) is 15.2 Å². The second-order valence-electron chi connectivity index (χ2n) is 3.74. The van der Waals surface area contributed by atoms with Crippen molar-refractivity contribution in [3.05, 3.63) is 45.1 Å². The first-order chi connectivity index (χ1) is 9.06. The highest BCUT2D eigenvalue weighted by molar-refractivity contribution is 5.51. The summed E-state index contributed by atoms with van der Waals surface area (Å²) >= 11 is 0. The number of anilines is 1. The van der Waals surface area contributed by atoms with E-state index in [9.17, 15) is 9.59 Å². The Labute approximate surface area is 108 Å². The van der Waals surface area contributed by atoms with E-state index in [1.807, 2.05) is 0 Å². The Morgan fingerprint density at radius 1 is 1.11 bits per heavy atom. The van der Waals surface area contributed by atoms with Crippen molar-refractivity contribution in [3.63, 3.8) is 0 Å². The summed E-state index contributed by atoms with van der Waals surface area (Å²) in [5, 5.41) is 0. The number of benzene rings is 1. The van der Waals surface area contributed by atoms with Gasteiger partial charge in [0.05, 0.1) is 19.9 Å². The minimum absolute atomic E-state index is 0.0426. The number of nitrogen functional groups attached to an aromatic ring is 1. The van der Waals surface area contributed by atoms with Gasteiger partial charge in [0.15, 0.2) is 11.5 Å². The minimum atomic E-state index is -0.614. The molecule has 0 spiro atoms. The molecular weight excluding hydrogens is 250 g/mol. The minimum Gasteiger partial charge on any atom is -0.493 e. The van der Waals surface area contributed by atoms with Crippen LogP contribution in [0.2, 0.25) is 0 Å². The summed E-state index contributed by atoms with van der Waals surface area (Å²) in [6, 6.07) is 6.01. The van der Waals surface area contributed by atoms with Gasteiger partial charge in [0.25, 0.3) is 5.56 Å². The van der Waals surface area contributed by atoms with E-state index < -0.39 is 11.2 Å². The van der Waals surface area contributed by atoms with Crippen LogP contribution in [0.25, 0.3) is 5.69 Å². The maximum Gasteiger partial charge on any atom is 0.334 e. The average molecular weight is 263 g/mol. The average Bonchev–Trinajstić information content (AvgIpc) is 2.37. The molecule has 3 N–H and O–H groups in total. The molecule has 7 heteroatoms. The number of hydrogen-bond acceptors (Lipinski definition) is 5. The lowest BCUT2D eigenvalue weighted by Crippen LogP contribution is -2.30. The quantitative estimate of drug-likeness (QED) is 0.819. The van der Waals surface area contributed by atoms with Gasteiger partial charge in [-0.05, 0) is 12.1 Å². The van der Waals surface area contributed by atoms with Crippen molar-refractivity contribution in [3.8, 4) is 17.2 Å². The van der Waals surface area contributed by atoms with Crippen LogP contribution in [0.15, 0.2) is 33.9 Å². The van der Waals surface area contributed by atoms with E-state index in [0.717, 1.165) is 6.07 Å². The van der Waals surface area contributed by atoms with Gasteiger partial charge in [0, 0.05) is 12.1 Å². The number of aromatic amines is 1. The Hall–Kier alpha value is -2.70. The maximum absolute atomic E-state index is 11.8. The number of methoxy groups -OCH3 is 2. The largest absolute Gasteiger partial charge is 0.493 e. The lowest BCUT2D eigenvalue weighted by Gasteiger charge is -2.12. The van der Waals surface area contributed by atoms with E-state index >= 15 is 0 Å². The molecule has 1 aromatic heterocycles. The molecule has 7 nitrogen and oxygen atoms in total. The summed E-state index contributed by atoms with van der Waals surface area (Å²) in [5.41, 5.74) is 5.00. The SMILES string of the molecule is COc1ccc(-n2c(N)cc(=O)[nH]c2=O)cc1OC. The van der Waals surface area contributed by atoms with Gasteiger partial charge in [-0.2, -0.15) is 0 Å². The molecule has 1 aromatic carbocycles. The molecule has 100 valence electrons. The van der Waals surface area contributed by atoms with Crippen molar-refractivity contribution in [2.24, 2.45) is 0 Å². The van der Waals surface area contributed by atoms with E-state index in [1.54, 1.807) is 18.2 Å². The molecule has 0 aliphatic heterocycles. The molecule has 0 saturated heterocycles.